The largest absolute Gasteiger partial charge is 0.444 e. The summed E-state index contributed by atoms with van der Waals surface area (Å²) in [5, 5.41) is 4.78. The smallest absolute Gasteiger partial charge is 0.410 e. The third-order valence-electron chi connectivity index (χ3n) is 7.45. The van der Waals surface area contributed by atoms with Gasteiger partial charge in [0.2, 0.25) is 0 Å². The van der Waals surface area contributed by atoms with Crippen LogP contribution in [-0.4, -0.2) is 50.2 Å². The molecule has 1 aliphatic heterocycles. The molecule has 0 saturated carbocycles. The molecule has 2 atom stereocenters. The lowest BCUT2D eigenvalue weighted by molar-refractivity contribution is 0.0286. The Morgan fingerprint density at radius 2 is 1.82 bits per heavy atom. The van der Waals surface area contributed by atoms with Gasteiger partial charge in [0.15, 0.2) is 5.78 Å². The summed E-state index contributed by atoms with van der Waals surface area (Å²) in [6.45, 7) is 11.4. The highest BCUT2D eigenvalue weighted by Crippen LogP contribution is 2.26. The summed E-state index contributed by atoms with van der Waals surface area (Å²) in [4.78, 5) is 32.4. The average Bonchev–Trinajstić information content (AvgIpc) is 3.52. The maximum Gasteiger partial charge on any atom is 0.410 e. The molecule has 0 aliphatic carbocycles. The number of carbonyl (C=O) groups excluding carboxylic acids is 2. The standard InChI is InChI=1S/C32H41ClN4O3/c1-22(11-14-28-23(2)17-25(18-34-28)13-12-24-9-7-6-8-10-24)30(38)29-27(33)19-35-37(29)21-26-15-16-36(20-26)31(39)40-32(3,4)5/h6-10,17-19,22,26H,11-16,20-21H2,1-5H3. The fraction of sp³-hybridized carbons (Fsp3) is 0.500. The van der Waals surface area contributed by atoms with Gasteiger partial charge in [0.05, 0.1) is 11.2 Å². The number of halogens is 1. The van der Waals surface area contributed by atoms with Crippen molar-refractivity contribution in [3.05, 3.63) is 81.9 Å². The normalized spacial score (nSPS) is 16.2. The molecule has 40 heavy (non-hydrogen) atoms. The Kier molecular flexibility index (Phi) is 9.67. The molecule has 1 aliphatic rings. The minimum Gasteiger partial charge on any atom is -0.444 e. The van der Waals surface area contributed by atoms with Gasteiger partial charge < -0.3 is 9.64 Å². The van der Waals surface area contributed by atoms with Gasteiger partial charge in [0.1, 0.15) is 11.3 Å². The second-order valence-electron chi connectivity index (χ2n) is 12.0. The molecule has 2 unspecified atom stereocenters. The van der Waals surface area contributed by atoms with E-state index >= 15 is 0 Å². The fourth-order valence-corrected chi connectivity index (χ4v) is 5.41. The number of likely N-dealkylation sites (tertiary alicyclic amines) is 1. The number of hydrogen-bond donors (Lipinski definition) is 0. The van der Waals surface area contributed by atoms with E-state index in [4.69, 9.17) is 21.3 Å². The van der Waals surface area contributed by atoms with Gasteiger partial charge >= 0.3 is 6.09 Å². The lowest BCUT2D eigenvalue weighted by Gasteiger charge is -2.24. The van der Waals surface area contributed by atoms with E-state index in [2.05, 4.69) is 42.4 Å². The minimum absolute atomic E-state index is 0.0124. The van der Waals surface area contributed by atoms with E-state index in [1.807, 2.05) is 40.0 Å². The summed E-state index contributed by atoms with van der Waals surface area (Å²) in [5.41, 5.74) is 4.65. The van der Waals surface area contributed by atoms with E-state index in [1.165, 1.54) is 11.1 Å². The van der Waals surface area contributed by atoms with E-state index in [-0.39, 0.29) is 23.7 Å². The van der Waals surface area contributed by atoms with Crippen LogP contribution in [0, 0.1) is 18.8 Å². The first-order valence-electron chi connectivity index (χ1n) is 14.2. The zero-order valence-corrected chi connectivity index (χ0v) is 25.1. The lowest BCUT2D eigenvalue weighted by atomic mass is 9.95. The van der Waals surface area contributed by atoms with Crippen molar-refractivity contribution in [1.29, 1.82) is 0 Å². The maximum absolute atomic E-state index is 13.5. The van der Waals surface area contributed by atoms with Crippen LogP contribution in [0.25, 0.3) is 0 Å². The molecule has 0 N–H and O–H groups in total. The van der Waals surface area contributed by atoms with Crippen LogP contribution in [0.1, 0.15) is 73.4 Å². The number of hydrogen-bond acceptors (Lipinski definition) is 5. The van der Waals surface area contributed by atoms with Crippen molar-refractivity contribution >= 4 is 23.5 Å². The molecule has 8 heteroatoms. The molecule has 4 rings (SSSR count). The number of carbonyl (C=O) groups is 2. The average molecular weight is 565 g/mol. The molecule has 3 heterocycles. The summed E-state index contributed by atoms with van der Waals surface area (Å²) in [6, 6.07) is 12.7. The van der Waals surface area contributed by atoms with Crippen LogP contribution >= 0.6 is 11.6 Å². The second kappa shape index (κ2) is 13.0. The van der Waals surface area contributed by atoms with Crippen molar-refractivity contribution in [3.63, 3.8) is 0 Å². The number of amides is 1. The van der Waals surface area contributed by atoms with E-state index < -0.39 is 5.60 Å². The molecule has 2 aromatic heterocycles. The Labute approximate surface area is 242 Å². The predicted octanol–water partition coefficient (Wildman–Crippen LogP) is 6.73. The number of benzene rings is 1. The summed E-state index contributed by atoms with van der Waals surface area (Å²) in [7, 11) is 0. The molecule has 1 fully saturated rings. The SMILES string of the molecule is Cc1cc(CCc2ccccc2)cnc1CCC(C)C(=O)c1c(Cl)cnn1CC1CCN(C(=O)OC(C)(C)C)C1. The molecule has 7 nitrogen and oxygen atoms in total. The maximum atomic E-state index is 13.5. The summed E-state index contributed by atoms with van der Waals surface area (Å²) in [5.74, 6) is -0.0621. The molecule has 0 bridgehead atoms. The quantitative estimate of drug-likeness (QED) is 0.255. The third kappa shape index (κ3) is 7.94. The van der Waals surface area contributed by atoms with Crippen molar-refractivity contribution in [1.82, 2.24) is 19.7 Å². The van der Waals surface area contributed by atoms with Gasteiger partial charge in [-0.1, -0.05) is 54.9 Å². The van der Waals surface area contributed by atoms with Crippen LogP contribution in [0.5, 0.6) is 0 Å². The molecule has 214 valence electrons. The zero-order valence-electron chi connectivity index (χ0n) is 24.3. The highest BCUT2D eigenvalue weighted by atomic mass is 35.5. The summed E-state index contributed by atoms with van der Waals surface area (Å²) < 4.78 is 7.23. The topological polar surface area (TPSA) is 77.3 Å². The molecule has 1 aromatic carbocycles. The Hall–Kier alpha value is -3.19. The number of Topliss-reactive ketones (excluding diaryl/α,β-unsaturated/α-hetero) is 1. The monoisotopic (exact) mass is 564 g/mol. The van der Waals surface area contributed by atoms with Crippen LogP contribution in [0.3, 0.4) is 0 Å². The van der Waals surface area contributed by atoms with Crippen molar-refractivity contribution in [2.45, 2.75) is 78.9 Å². The van der Waals surface area contributed by atoms with Crippen LogP contribution in [0.4, 0.5) is 4.79 Å². The molecule has 1 saturated heterocycles. The van der Waals surface area contributed by atoms with Gasteiger partial charge in [-0.05, 0) is 82.4 Å². The number of nitrogens with zero attached hydrogens (tertiary/aromatic N) is 4. The van der Waals surface area contributed by atoms with Crippen LogP contribution in [-0.2, 0) is 30.5 Å². The van der Waals surface area contributed by atoms with Crippen molar-refractivity contribution in [2.24, 2.45) is 11.8 Å². The van der Waals surface area contributed by atoms with Crippen molar-refractivity contribution in [2.75, 3.05) is 13.1 Å². The highest BCUT2D eigenvalue weighted by molar-refractivity contribution is 6.33. The number of ketones is 1. The molecule has 3 aromatic rings. The summed E-state index contributed by atoms with van der Waals surface area (Å²) >= 11 is 6.45. The summed E-state index contributed by atoms with van der Waals surface area (Å²) in [6.07, 6.45) is 7.36. The van der Waals surface area contributed by atoms with Crippen LogP contribution in [0.15, 0.2) is 48.8 Å². The van der Waals surface area contributed by atoms with E-state index in [0.717, 1.165) is 36.9 Å². The first kappa shape index (κ1) is 29.8. The van der Waals surface area contributed by atoms with Gasteiger partial charge in [-0.2, -0.15) is 5.10 Å². The lowest BCUT2D eigenvalue weighted by Crippen LogP contribution is -2.35. The number of rotatable bonds is 10. The Morgan fingerprint density at radius 1 is 1.10 bits per heavy atom. The van der Waals surface area contributed by atoms with Gasteiger partial charge in [-0.25, -0.2) is 4.79 Å². The van der Waals surface area contributed by atoms with Crippen molar-refractivity contribution < 1.29 is 14.3 Å². The molecule has 0 radical (unpaired) electrons. The molecular formula is C32H41ClN4O3. The minimum atomic E-state index is -0.529. The number of aromatic nitrogens is 3. The predicted molar refractivity (Wildman–Crippen MR) is 158 cm³/mol. The van der Waals surface area contributed by atoms with Crippen molar-refractivity contribution in [3.8, 4) is 0 Å². The number of ether oxygens (including phenoxy) is 1. The Balaban J connectivity index is 1.32. The van der Waals surface area contributed by atoms with E-state index in [0.29, 0.717) is 36.8 Å². The van der Waals surface area contributed by atoms with Gasteiger partial charge in [0, 0.05) is 37.4 Å². The van der Waals surface area contributed by atoms with Gasteiger partial charge in [0.25, 0.3) is 0 Å². The highest BCUT2D eigenvalue weighted by Gasteiger charge is 2.31. The number of aryl methyl sites for hydroxylation is 4. The number of pyridine rings is 1. The van der Waals surface area contributed by atoms with Gasteiger partial charge in [-0.3, -0.25) is 14.5 Å². The van der Waals surface area contributed by atoms with Gasteiger partial charge in [-0.15, -0.1) is 0 Å². The molecule has 0 spiro atoms. The van der Waals surface area contributed by atoms with E-state index in [1.54, 1.807) is 15.8 Å². The fourth-order valence-electron chi connectivity index (χ4n) is 5.18. The second-order valence-corrected chi connectivity index (χ2v) is 12.4. The Morgan fingerprint density at radius 3 is 2.52 bits per heavy atom. The zero-order chi connectivity index (χ0) is 28.9. The van der Waals surface area contributed by atoms with Crippen LogP contribution in [0.2, 0.25) is 5.02 Å². The third-order valence-corrected chi connectivity index (χ3v) is 7.72. The first-order valence-corrected chi connectivity index (χ1v) is 14.6. The van der Waals surface area contributed by atoms with E-state index in [9.17, 15) is 9.59 Å². The van der Waals surface area contributed by atoms with Crippen LogP contribution < -0.4 is 0 Å². The molecular weight excluding hydrogens is 524 g/mol. The molecule has 1 amide bonds. The first-order chi connectivity index (χ1) is 19.0. The Bertz CT molecular complexity index is 1320.